The maximum Gasteiger partial charge on any atom is 0.228 e. The number of piperidine rings is 1. The first-order valence-electron chi connectivity index (χ1n) is 8.98. The average molecular weight is 315 g/mol. The summed E-state index contributed by atoms with van der Waals surface area (Å²) < 4.78 is 0. The number of amides is 1. The highest BCUT2D eigenvalue weighted by molar-refractivity contribution is 5.93. The van der Waals surface area contributed by atoms with Gasteiger partial charge in [-0.1, -0.05) is 26.0 Å². The number of rotatable bonds is 5. The lowest BCUT2D eigenvalue weighted by Crippen LogP contribution is -2.37. The topological polar surface area (TPSA) is 44.4 Å². The number of anilines is 1. The lowest BCUT2D eigenvalue weighted by Gasteiger charge is -2.22. The fourth-order valence-electron chi connectivity index (χ4n) is 3.52. The molecule has 0 aromatic heterocycles. The first-order valence-corrected chi connectivity index (χ1v) is 8.98. The molecule has 23 heavy (non-hydrogen) atoms. The Balaban J connectivity index is 1.64. The van der Waals surface area contributed by atoms with Crippen LogP contribution in [0.25, 0.3) is 0 Å². The Morgan fingerprint density at radius 1 is 1.39 bits per heavy atom. The summed E-state index contributed by atoms with van der Waals surface area (Å²) in [6, 6.07) is 6.32. The first kappa shape index (κ1) is 16.5. The monoisotopic (exact) mass is 315 g/mol. The minimum absolute atomic E-state index is 0.109. The van der Waals surface area contributed by atoms with Gasteiger partial charge in [0.1, 0.15) is 0 Å². The van der Waals surface area contributed by atoms with Crippen molar-refractivity contribution in [2.24, 2.45) is 11.8 Å². The van der Waals surface area contributed by atoms with Crippen LogP contribution in [-0.2, 0) is 17.9 Å². The van der Waals surface area contributed by atoms with Crippen LogP contribution in [0.2, 0.25) is 0 Å². The molecule has 1 amide bonds. The lowest BCUT2D eigenvalue weighted by molar-refractivity contribution is -0.120. The zero-order valence-corrected chi connectivity index (χ0v) is 14.4. The number of nitrogens with zero attached hydrogens (tertiary/aromatic N) is 1. The molecule has 0 saturated carbocycles. The van der Waals surface area contributed by atoms with Crippen LogP contribution in [0, 0.1) is 11.8 Å². The van der Waals surface area contributed by atoms with E-state index in [1.54, 1.807) is 0 Å². The van der Waals surface area contributed by atoms with Gasteiger partial charge in [-0.15, -0.1) is 0 Å². The Morgan fingerprint density at radius 3 is 3.00 bits per heavy atom. The Kier molecular flexibility index (Phi) is 5.34. The van der Waals surface area contributed by atoms with E-state index in [0.717, 1.165) is 57.2 Å². The van der Waals surface area contributed by atoms with Crippen molar-refractivity contribution in [3.63, 3.8) is 0 Å². The van der Waals surface area contributed by atoms with Gasteiger partial charge in [-0.3, -0.25) is 9.69 Å². The van der Waals surface area contributed by atoms with Gasteiger partial charge < -0.3 is 10.6 Å². The van der Waals surface area contributed by atoms with Crippen LogP contribution in [0.15, 0.2) is 18.2 Å². The summed E-state index contributed by atoms with van der Waals surface area (Å²) in [6.07, 6.45) is 3.31. The van der Waals surface area contributed by atoms with Crippen LogP contribution < -0.4 is 10.6 Å². The molecule has 0 bridgehead atoms. The number of nitrogens with one attached hydrogen (secondary N) is 2. The highest BCUT2D eigenvalue weighted by Crippen LogP contribution is 2.30. The van der Waals surface area contributed by atoms with Gasteiger partial charge in [0.2, 0.25) is 5.91 Å². The largest absolute Gasteiger partial charge is 0.325 e. The van der Waals surface area contributed by atoms with E-state index >= 15 is 0 Å². The fraction of sp³-hybridized carbons (Fsp3) is 0.632. The van der Waals surface area contributed by atoms with Gasteiger partial charge >= 0.3 is 0 Å². The molecule has 1 unspecified atom stereocenters. The average Bonchev–Trinajstić information content (AvgIpc) is 2.98. The van der Waals surface area contributed by atoms with Crippen molar-refractivity contribution in [3.8, 4) is 0 Å². The molecule has 0 radical (unpaired) electrons. The number of fused-ring (bicyclic) bond motifs is 1. The SMILES string of the molecule is CC(C)CCN1Cc2cccc(NC(=O)C3CCCNC3)c2C1. The molecule has 2 aliphatic heterocycles. The molecule has 1 aromatic rings. The molecular weight excluding hydrogens is 286 g/mol. The van der Waals surface area contributed by atoms with E-state index in [1.807, 2.05) is 0 Å². The first-order chi connectivity index (χ1) is 11.1. The zero-order chi connectivity index (χ0) is 16.2. The molecule has 1 fully saturated rings. The van der Waals surface area contributed by atoms with Crippen molar-refractivity contribution in [3.05, 3.63) is 29.3 Å². The van der Waals surface area contributed by atoms with Crippen molar-refractivity contribution in [1.29, 1.82) is 0 Å². The van der Waals surface area contributed by atoms with Gasteiger partial charge in [0, 0.05) is 25.3 Å². The van der Waals surface area contributed by atoms with Crippen LogP contribution in [-0.4, -0.2) is 30.4 Å². The van der Waals surface area contributed by atoms with Crippen molar-refractivity contribution in [2.45, 2.75) is 46.2 Å². The Hall–Kier alpha value is -1.39. The quantitative estimate of drug-likeness (QED) is 0.878. The molecule has 126 valence electrons. The minimum atomic E-state index is 0.109. The predicted octanol–water partition coefficient (Wildman–Crippen LogP) is 2.99. The molecule has 0 spiro atoms. The van der Waals surface area contributed by atoms with Gasteiger partial charge in [-0.05, 0) is 55.5 Å². The van der Waals surface area contributed by atoms with Gasteiger partial charge in [-0.25, -0.2) is 0 Å². The van der Waals surface area contributed by atoms with E-state index in [-0.39, 0.29) is 11.8 Å². The van der Waals surface area contributed by atoms with Gasteiger partial charge in [0.05, 0.1) is 5.92 Å². The fourth-order valence-corrected chi connectivity index (χ4v) is 3.52. The molecular formula is C19H29N3O. The Labute approximate surface area is 139 Å². The molecule has 4 nitrogen and oxygen atoms in total. The number of hydrogen-bond donors (Lipinski definition) is 2. The summed E-state index contributed by atoms with van der Waals surface area (Å²) in [5.41, 5.74) is 3.70. The molecule has 2 N–H and O–H groups in total. The summed E-state index contributed by atoms with van der Waals surface area (Å²) in [6.45, 7) is 9.49. The molecule has 2 heterocycles. The van der Waals surface area contributed by atoms with E-state index in [4.69, 9.17) is 0 Å². The van der Waals surface area contributed by atoms with E-state index in [2.05, 4.69) is 47.6 Å². The Bertz CT molecular complexity index is 550. The van der Waals surface area contributed by atoms with E-state index in [0.29, 0.717) is 0 Å². The number of hydrogen-bond acceptors (Lipinski definition) is 3. The van der Waals surface area contributed by atoms with E-state index in [9.17, 15) is 4.79 Å². The van der Waals surface area contributed by atoms with Crippen LogP contribution in [0.1, 0.15) is 44.2 Å². The van der Waals surface area contributed by atoms with Crippen molar-refractivity contribution >= 4 is 11.6 Å². The predicted molar refractivity (Wildman–Crippen MR) is 94.2 cm³/mol. The van der Waals surface area contributed by atoms with E-state index < -0.39 is 0 Å². The smallest absolute Gasteiger partial charge is 0.228 e. The second-order valence-electron chi connectivity index (χ2n) is 7.37. The van der Waals surface area contributed by atoms with Crippen molar-refractivity contribution in [2.75, 3.05) is 25.0 Å². The summed E-state index contributed by atoms with van der Waals surface area (Å²) >= 11 is 0. The minimum Gasteiger partial charge on any atom is -0.325 e. The highest BCUT2D eigenvalue weighted by Gasteiger charge is 2.25. The maximum atomic E-state index is 12.5. The standard InChI is InChI=1S/C19H29N3O/c1-14(2)8-10-22-12-16-5-3-7-18(17(16)13-22)21-19(23)15-6-4-9-20-11-15/h3,5,7,14-15,20H,4,6,8-13H2,1-2H3,(H,21,23). The summed E-state index contributed by atoms with van der Waals surface area (Å²) in [4.78, 5) is 15.0. The third-order valence-electron chi connectivity index (χ3n) is 5.00. The van der Waals surface area contributed by atoms with Gasteiger partial charge in [0.25, 0.3) is 0 Å². The number of carbonyl (C=O) groups excluding carboxylic acids is 1. The Morgan fingerprint density at radius 2 is 2.26 bits per heavy atom. The summed E-state index contributed by atoms with van der Waals surface area (Å²) in [5, 5.41) is 6.51. The highest BCUT2D eigenvalue weighted by atomic mass is 16.1. The molecule has 3 rings (SSSR count). The lowest BCUT2D eigenvalue weighted by atomic mass is 9.98. The van der Waals surface area contributed by atoms with Gasteiger partial charge in [-0.2, -0.15) is 0 Å². The maximum absolute atomic E-state index is 12.5. The summed E-state index contributed by atoms with van der Waals surface area (Å²) in [7, 11) is 0. The normalized spacial score (nSPS) is 21.4. The van der Waals surface area contributed by atoms with Crippen LogP contribution in [0.5, 0.6) is 0 Å². The van der Waals surface area contributed by atoms with Crippen molar-refractivity contribution in [1.82, 2.24) is 10.2 Å². The second kappa shape index (κ2) is 7.45. The van der Waals surface area contributed by atoms with Gasteiger partial charge in [0.15, 0.2) is 0 Å². The molecule has 1 saturated heterocycles. The molecule has 1 aromatic carbocycles. The molecule has 4 heteroatoms. The third-order valence-corrected chi connectivity index (χ3v) is 5.00. The van der Waals surface area contributed by atoms with E-state index in [1.165, 1.54) is 17.5 Å². The third kappa shape index (κ3) is 4.12. The molecule has 0 aliphatic carbocycles. The van der Waals surface area contributed by atoms with Crippen LogP contribution >= 0.6 is 0 Å². The van der Waals surface area contributed by atoms with Crippen LogP contribution in [0.3, 0.4) is 0 Å². The summed E-state index contributed by atoms with van der Waals surface area (Å²) in [5.74, 6) is 1.01. The van der Waals surface area contributed by atoms with Crippen LogP contribution in [0.4, 0.5) is 5.69 Å². The molecule has 2 aliphatic rings. The van der Waals surface area contributed by atoms with Crippen molar-refractivity contribution < 1.29 is 4.79 Å². The number of benzene rings is 1. The zero-order valence-electron chi connectivity index (χ0n) is 14.4. The number of carbonyl (C=O) groups is 1. The second-order valence-corrected chi connectivity index (χ2v) is 7.37. The molecule has 1 atom stereocenters.